The molecule has 0 aromatic carbocycles. The monoisotopic (exact) mass is 285 g/mol. The van der Waals surface area contributed by atoms with Gasteiger partial charge in [0.2, 0.25) is 0 Å². The van der Waals surface area contributed by atoms with Crippen LogP contribution in [-0.4, -0.2) is 36.8 Å². The van der Waals surface area contributed by atoms with Gasteiger partial charge in [-0.3, -0.25) is 0 Å². The van der Waals surface area contributed by atoms with Crippen molar-refractivity contribution in [3.8, 4) is 0 Å². The topological polar surface area (TPSA) is 21.3 Å². The third-order valence-corrected chi connectivity index (χ3v) is 6.42. The molecule has 1 saturated carbocycles. The van der Waals surface area contributed by atoms with Crippen LogP contribution < -0.4 is 5.32 Å². The van der Waals surface area contributed by atoms with Crippen molar-refractivity contribution < 1.29 is 4.74 Å². The molecule has 1 N–H and O–H groups in total. The fourth-order valence-corrected chi connectivity index (χ4v) is 5.03. The normalized spacial score (nSPS) is 36.6. The van der Waals surface area contributed by atoms with Gasteiger partial charge in [0.15, 0.2) is 0 Å². The number of hydrogen-bond donors (Lipinski definition) is 1. The lowest BCUT2D eigenvalue weighted by Crippen LogP contribution is -2.43. The molecule has 0 aromatic rings. The van der Waals surface area contributed by atoms with Crippen LogP contribution in [0, 0.1) is 11.3 Å². The first kappa shape index (κ1) is 15.7. The zero-order chi connectivity index (χ0) is 13.9. The molecule has 2 fully saturated rings. The Balaban J connectivity index is 1.86. The summed E-state index contributed by atoms with van der Waals surface area (Å²) in [5, 5.41) is 4.31. The summed E-state index contributed by atoms with van der Waals surface area (Å²) in [5.74, 6) is 2.07. The average molecular weight is 285 g/mol. The van der Waals surface area contributed by atoms with E-state index in [1.807, 2.05) is 0 Å². The quantitative estimate of drug-likeness (QED) is 0.851. The summed E-state index contributed by atoms with van der Waals surface area (Å²) < 4.78 is 5.77. The highest BCUT2D eigenvalue weighted by molar-refractivity contribution is 8.00. The Labute approximate surface area is 123 Å². The summed E-state index contributed by atoms with van der Waals surface area (Å²) in [7, 11) is 2.13. The second-order valence-corrected chi connectivity index (χ2v) is 8.55. The Morgan fingerprint density at radius 2 is 2.00 bits per heavy atom. The van der Waals surface area contributed by atoms with E-state index in [0.29, 0.717) is 17.6 Å². The van der Waals surface area contributed by atoms with Crippen LogP contribution in [0.3, 0.4) is 0 Å². The summed E-state index contributed by atoms with van der Waals surface area (Å²) >= 11 is 2.16. The van der Waals surface area contributed by atoms with E-state index in [1.165, 1.54) is 37.9 Å². The van der Waals surface area contributed by atoms with Crippen molar-refractivity contribution in [1.29, 1.82) is 0 Å². The molecular weight excluding hydrogens is 254 g/mol. The van der Waals surface area contributed by atoms with Gasteiger partial charge in [0.05, 0.1) is 6.10 Å². The van der Waals surface area contributed by atoms with Crippen LogP contribution >= 0.6 is 11.8 Å². The van der Waals surface area contributed by atoms with Gasteiger partial charge in [-0.2, -0.15) is 11.8 Å². The SMILES string of the molecule is CNC1CCC(C(C)(C)C)CC1SCC1CCCO1. The van der Waals surface area contributed by atoms with Crippen LogP contribution in [0.25, 0.3) is 0 Å². The molecule has 0 radical (unpaired) electrons. The molecule has 1 saturated heterocycles. The standard InChI is InChI=1S/C16H31NOS/c1-16(2,3)12-7-8-14(17-4)15(10-12)19-11-13-6-5-9-18-13/h12-15,17H,5-11H2,1-4H3. The number of thioether (sulfide) groups is 1. The van der Waals surface area contributed by atoms with Crippen molar-refractivity contribution in [2.75, 3.05) is 19.4 Å². The maximum atomic E-state index is 5.77. The third-order valence-electron chi connectivity index (χ3n) is 4.91. The molecule has 19 heavy (non-hydrogen) atoms. The largest absolute Gasteiger partial charge is 0.377 e. The van der Waals surface area contributed by atoms with E-state index in [0.717, 1.165) is 17.8 Å². The van der Waals surface area contributed by atoms with Crippen molar-refractivity contribution in [1.82, 2.24) is 5.32 Å². The zero-order valence-corrected chi connectivity index (χ0v) is 13.9. The Morgan fingerprint density at radius 1 is 1.21 bits per heavy atom. The lowest BCUT2D eigenvalue weighted by Gasteiger charge is -2.41. The van der Waals surface area contributed by atoms with E-state index in [-0.39, 0.29) is 0 Å². The molecule has 1 aliphatic carbocycles. The van der Waals surface area contributed by atoms with E-state index in [2.05, 4.69) is 44.9 Å². The molecule has 0 bridgehead atoms. The first-order chi connectivity index (χ1) is 9.00. The van der Waals surface area contributed by atoms with E-state index in [9.17, 15) is 0 Å². The molecule has 4 atom stereocenters. The number of nitrogens with one attached hydrogen (secondary N) is 1. The van der Waals surface area contributed by atoms with E-state index in [4.69, 9.17) is 4.74 Å². The maximum Gasteiger partial charge on any atom is 0.0666 e. The first-order valence-electron chi connectivity index (χ1n) is 7.91. The molecule has 1 heterocycles. The average Bonchev–Trinajstić information content (AvgIpc) is 2.88. The van der Waals surface area contributed by atoms with Crippen molar-refractivity contribution in [2.45, 2.75) is 70.3 Å². The van der Waals surface area contributed by atoms with Crippen LogP contribution in [-0.2, 0) is 4.74 Å². The van der Waals surface area contributed by atoms with Crippen LogP contribution in [0.4, 0.5) is 0 Å². The van der Waals surface area contributed by atoms with Crippen molar-refractivity contribution in [3.63, 3.8) is 0 Å². The minimum Gasteiger partial charge on any atom is -0.377 e. The van der Waals surface area contributed by atoms with E-state index in [1.54, 1.807) is 0 Å². The summed E-state index contributed by atoms with van der Waals surface area (Å²) in [6, 6.07) is 0.699. The van der Waals surface area contributed by atoms with E-state index < -0.39 is 0 Å². The summed E-state index contributed by atoms with van der Waals surface area (Å²) in [6.07, 6.45) is 7.14. The van der Waals surface area contributed by atoms with Crippen LogP contribution in [0.5, 0.6) is 0 Å². The molecule has 2 rings (SSSR count). The van der Waals surface area contributed by atoms with E-state index >= 15 is 0 Å². The Morgan fingerprint density at radius 3 is 2.58 bits per heavy atom. The van der Waals surface area contributed by atoms with Crippen molar-refractivity contribution in [3.05, 3.63) is 0 Å². The number of rotatable bonds is 4. The summed E-state index contributed by atoms with van der Waals surface area (Å²) in [4.78, 5) is 0. The lowest BCUT2D eigenvalue weighted by molar-refractivity contribution is 0.128. The Hall–Kier alpha value is 0.270. The highest BCUT2D eigenvalue weighted by Gasteiger charge is 2.35. The predicted octanol–water partition coefficient (Wildman–Crippen LogP) is 3.70. The minimum absolute atomic E-state index is 0.460. The highest BCUT2D eigenvalue weighted by Crippen LogP contribution is 2.42. The zero-order valence-electron chi connectivity index (χ0n) is 13.1. The Bertz CT molecular complexity index is 270. The van der Waals surface area contributed by atoms with Crippen LogP contribution in [0.2, 0.25) is 0 Å². The van der Waals surface area contributed by atoms with Gasteiger partial charge in [-0.15, -0.1) is 0 Å². The molecule has 4 unspecified atom stereocenters. The third kappa shape index (κ3) is 4.37. The van der Waals surface area contributed by atoms with Gasteiger partial charge in [-0.1, -0.05) is 20.8 Å². The highest BCUT2D eigenvalue weighted by atomic mass is 32.2. The smallest absolute Gasteiger partial charge is 0.0666 e. The fraction of sp³-hybridized carbons (Fsp3) is 1.00. The molecule has 1 aliphatic heterocycles. The van der Waals surface area contributed by atoms with Gasteiger partial charge in [-0.05, 0) is 50.5 Å². The molecule has 0 amide bonds. The van der Waals surface area contributed by atoms with Gasteiger partial charge in [0.25, 0.3) is 0 Å². The minimum atomic E-state index is 0.460. The Kier molecular flexibility index (Phi) is 5.62. The first-order valence-corrected chi connectivity index (χ1v) is 8.96. The lowest BCUT2D eigenvalue weighted by atomic mass is 9.71. The molecule has 112 valence electrons. The van der Waals surface area contributed by atoms with Gasteiger partial charge in [0, 0.05) is 23.7 Å². The van der Waals surface area contributed by atoms with Gasteiger partial charge >= 0.3 is 0 Å². The van der Waals surface area contributed by atoms with Crippen LogP contribution in [0.1, 0.15) is 52.9 Å². The fourth-order valence-electron chi connectivity index (χ4n) is 3.44. The van der Waals surface area contributed by atoms with Crippen molar-refractivity contribution in [2.24, 2.45) is 11.3 Å². The van der Waals surface area contributed by atoms with Crippen LogP contribution in [0.15, 0.2) is 0 Å². The molecule has 3 heteroatoms. The molecular formula is C16H31NOS. The predicted molar refractivity (Wildman–Crippen MR) is 84.9 cm³/mol. The number of hydrogen-bond acceptors (Lipinski definition) is 3. The summed E-state index contributed by atoms with van der Waals surface area (Å²) in [6.45, 7) is 8.19. The molecule has 0 spiro atoms. The van der Waals surface area contributed by atoms with Gasteiger partial charge in [0.1, 0.15) is 0 Å². The molecule has 0 aromatic heterocycles. The second kappa shape index (κ2) is 6.82. The summed E-state index contributed by atoms with van der Waals surface area (Å²) in [5.41, 5.74) is 0.460. The second-order valence-electron chi connectivity index (χ2n) is 7.28. The van der Waals surface area contributed by atoms with Gasteiger partial charge in [-0.25, -0.2) is 0 Å². The maximum absolute atomic E-state index is 5.77. The van der Waals surface area contributed by atoms with Gasteiger partial charge < -0.3 is 10.1 Å². The van der Waals surface area contributed by atoms with Crippen molar-refractivity contribution >= 4 is 11.8 Å². The molecule has 2 nitrogen and oxygen atoms in total. The molecule has 2 aliphatic rings. The number of ether oxygens (including phenoxy) is 1.